The van der Waals surface area contributed by atoms with Crippen molar-refractivity contribution in [2.75, 3.05) is 18.8 Å². The second kappa shape index (κ2) is 5.54. The van der Waals surface area contributed by atoms with Gasteiger partial charge in [-0.15, -0.1) is 0 Å². The third-order valence-corrected chi connectivity index (χ3v) is 2.50. The Morgan fingerprint density at radius 3 is 2.61 bits per heavy atom. The third-order valence-electron chi connectivity index (χ3n) is 2.31. The van der Waals surface area contributed by atoms with Crippen molar-refractivity contribution in [3.63, 3.8) is 0 Å². The first kappa shape index (κ1) is 14.7. The molecule has 3 N–H and O–H groups in total. The molecule has 0 aliphatic carbocycles. The maximum absolute atomic E-state index is 12.2. The first-order valence-corrected chi connectivity index (χ1v) is 6.05. The number of aromatic nitrogens is 1. The Kier molecular flexibility index (Phi) is 4.53. The van der Waals surface area contributed by atoms with Gasteiger partial charge < -0.3 is 15.7 Å². The summed E-state index contributed by atoms with van der Waals surface area (Å²) in [6.07, 6.45) is 0. The molecular weight excluding hydrogens is 254 g/mol. The minimum atomic E-state index is -0.950. The lowest BCUT2D eigenvalue weighted by molar-refractivity contribution is 0.0314. The average molecular weight is 272 g/mol. The highest BCUT2D eigenvalue weighted by Crippen LogP contribution is 2.15. The van der Waals surface area contributed by atoms with Crippen LogP contribution in [0.4, 0.5) is 5.82 Å². The highest BCUT2D eigenvalue weighted by atomic mass is 35.5. The molecule has 0 radical (unpaired) electrons. The van der Waals surface area contributed by atoms with Gasteiger partial charge in [0.25, 0.3) is 5.91 Å². The molecule has 0 atom stereocenters. The SMILES string of the molecule is CCN(CC(C)(C)O)C(=O)c1cc(N)nc(Cl)c1. The van der Waals surface area contributed by atoms with Crippen molar-refractivity contribution in [2.45, 2.75) is 26.4 Å². The number of pyridine rings is 1. The van der Waals surface area contributed by atoms with Crippen LogP contribution in [0.25, 0.3) is 0 Å². The molecule has 0 aliphatic rings. The fourth-order valence-corrected chi connectivity index (χ4v) is 1.83. The molecule has 0 aliphatic heterocycles. The Balaban J connectivity index is 2.96. The molecule has 1 aromatic rings. The number of nitrogens with two attached hydrogens (primary N) is 1. The number of carbonyl (C=O) groups excluding carboxylic acids is 1. The standard InChI is InChI=1S/C12H18ClN3O2/c1-4-16(7-12(2,3)18)11(17)8-5-9(13)15-10(14)6-8/h5-6,18H,4,7H2,1-3H3,(H2,14,15). The largest absolute Gasteiger partial charge is 0.389 e. The van der Waals surface area contributed by atoms with Crippen LogP contribution in [0.5, 0.6) is 0 Å². The summed E-state index contributed by atoms with van der Waals surface area (Å²) in [6, 6.07) is 2.94. The number of likely N-dealkylation sites (N-methyl/N-ethyl adjacent to an activating group) is 1. The molecule has 100 valence electrons. The van der Waals surface area contributed by atoms with Gasteiger partial charge in [0.05, 0.1) is 5.60 Å². The van der Waals surface area contributed by atoms with Crippen LogP contribution in [0.1, 0.15) is 31.1 Å². The van der Waals surface area contributed by atoms with Gasteiger partial charge in [-0.25, -0.2) is 4.98 Å². The van der Waals surface area contributed by atoms with E-state index in [1.54, 1.807) is 13.8 Å². The van der Waals surface area contributed by atoms with E-state index in [0.717, 1.165) is 0 Å². The predicted molar refractivity (Wildman–Crippen MR) is 71.5 cm³/mol. The lowest BCUT2D eigenvalue weighted by atomic mass is 10.1. The molecule has 1 amide bonds. The Labute approximate surface area is 112 Å². The van der Waals surface area contributed by atoms with Gasteiger partial charge in [0.15, 0.2) is 0 Å². The molecule has 0 spiro atoms. The Morgan fingerprint density at radius 1 is 1.56 bits per heavy atom. The Morgan fingerprint density at radius 2 is 2.17 bits per heavy atom. The molecule has 0 unspecified atom stereocenters. The fourth-order valence-electron chi connectivity index (χ4n) is 1.62. The average Bonchev–Trinajstić information content (AvgIpc) is 2.22. The van der Waals surface area contributed by atoms with E-state index >= 15 is 0 Å². The van der Waals surface area contributed by atoms with Crippen molar-refractivity contribution >= 4 is 23.3 Å². The molecule has 0 fully saturated rings. The van der Waals surface area contributed by atoms with Crippen LogP contribution in [0.15, 0.2) is 12.1 Å². The van der Waals surface area contributed by atoms with Crippen LogP contribution in [-0.4, -0.2) is 39.6 Å². The molecule has 0 saturated carbocycles. The zero-order chi connectivity index (χ0) is 13.9. The zero-order valence-corrected chi connectivity index (χ0v) is 11.5. The first-order valence-electron chi connectivity index (χ1n) is 5.67. The summed E-state index contributed by atoms with van der Waals surface area (Å²) in [7, 11) is 0. The number of hydrogen-bond acceptors (Lipinski definition) is 4. The van der Waals surface area contributed by atoms with Gasteiger partial charge in [-0.3, -0.25) is 4.79 Å². The summed E-state index contributed by atoms with van der Waals surface area (Å²) in [6.45, 7) is 5.87. The van der Waals surface area contributed by atoms with Gasteiger partial charge >= 0.3 is 0 Å². The van der Waals surface area contributed by atoms with Crippen molar-refractivity contribution < 1.29 is 9.90 Å². The number of rotatable bonds is 4. The number of nitrogens with zero attached hydrogens (tertiary/aromatic N) is 2. The lowest BCUT2D eigenvalue weighted by Crippen LogP contribution is -2.42. The molecule has 18 heavy (non-hydrogen) atoms. The number of nitrogen functional groups attached to an aromatic ring is 1. The van der Waals surface area contributed by atoms with Crippen LogP contribution in [0, 0.1) is 0 Å². The van der Waals surface area contributed by atoms with Crippen molar-refractivity contribution in [1.82, 2.24) is 9.88 Å². The topological polar surface area (TPSA) is 79.5 Å². The summed E-state index contributed by atoms with van der Waals surface area (Å²) in [5.74, 6) is -0.0270. The van der Waals surface area contributed by atoms with Gasteiger partial charge in [0.1, 0.15) is 11.0 Å². The second-order valence-corrected chi connectivity index (χ2v) is 5.12. The van der Waals surface area contributed by atoms with Crippen LogP contribution < -0.4 is 5.73 Å². The third kappa shape index (κ3) is 4.16. The van der Waals surface area contributed by atoms with Crippen LogP contribution in [0.2, 0.25) is 5.15 Å². The number of amides is 1. The van der Waals surface area contributed by atoms with E-state index in [1.807, 2.05) is 6.92 Å². The molecule has 0 bridgehead atoms. The maximum Gasteiger partial charge on any atom is 0.254 e. The molecule has 6 heteroatoms. The molecule has 1 aromatic heterocycles. The van der Waals surface area contributed by atoms with Crippen molar-refractivity contribution in [3.05, 3.63) is 22.8 Å². The van der Waals surface area contributed by atoms with Crippen molar-refractivity contribution in [3.8, 4) is 0 Å². The lowest BCUT2D eigenvalue weighted by Gasteiger charge is -2.28. The summed E-state index contributed by atoms with van der Waals surface area (Å²) in [5.41, 5.74) is 4.97. The van der Waals surface area contributed by atoms with E-state index < -0.39 is 5.60 Å². The predicted octanol–water partition coefficient (Wildman–Crippen LogP) is 1.55. The van der Waals surface area contributed by atoms with Crippen LogP contribution in [-0.2, 0) is 0 Å². The van der Waals surface area contributed by atoms with Crippen LogP contribution >= 0.6 is 11.6 Å². The number of aliphatic hydroxyl groups is 1. The minimum absolute atomic E-state index is 0.178. The van der Waals surface area contributed by atoms with E-state index in [4.69, 9.17) is 17.3 Å². The van der Waals surface area contributed by atoms with Gasteiger partial charge in [-0.05, 0) is 32.9 Å². The molecule has 1 heterocycles. The Hall–Kier alpha value is -1.33. The van der Waals surface area contributed by atoms with Gasteiger partial charge in [-0.1, -0.05) is 11.6 Å². The molecule has 5 nitrogen and oxygen atoms in total. The molecule has 1 rings (SSSR count). The van der Waals surface area contributed by atoms with E-state index in [2.05, 4.69) is 4.98 Å². The summed E-state index contributed by atoms with van der Waals surface area (Å²) < 4.78 is 0. The highest BCUT2D eigenvalue weighted by molar-refractivity contribution is 6.29. The summed E-state index contributed by atoms with van der Waals surface area (Å²) >= 11 is 5.76. The molecule has 0 saturated heterocycles. The van der Waals surface area contributed by atoms with E-state index in [0.29, 0.717) is 12.1 Å². The fraction of sp³-hybridized carbons (Fsp3) is 0.500. The molecular formula is C12H18ClN3O2. The number of carbonyl (C=O) groups is 1. The van der Waals surface area contributed by atoms with Gasteiger partial charge in [0, 0.05) is 18.7 Å². The molecule has 0 aromatic carbocycles. The highest BCUT2D eigenvalue weighted by Gasteiger charge is 2.22. The maximum atomic E-state index is 12.2. The second-order valence-electron chi connectivity index (χ2n) is 4.74. The number of hydrogen-bond donors (Lipinski definition) is 2. The number of anilines is 1. The van der Waals surface area contributed by atoms with Gasteiger partial charge in [0.2, 0.25) is 0 Å². The van der Waals surface area contributed by atoms with Gasteiger partial charge in [-0.2, -0.15) is 0 Å². The zero-order valence-electron chi connectivity index (χ0n) is 10.8. The van der Waals surface area contributed by atoms with Crippen molar-refractivity contribution in [1.29, 1.82) is 0 Å². The minimum Gasteiger partial charge on any atom is -0.389 e. The number of halogens is 1. The van der Waals surface area contributed by atoms with E-state index in [-0.39, 0.29) is 23.4 Å². The van der Waals surface area contributed by atoms with E-state index in [1.165, 1.54) is 17.0 Å². The normalized spacial score (nSPS) is 11.4. The monoisotopic (exact) mass is 271 g/mol. The van der Waals surface area contributed by atoms with Crippen LogP contribution in [0.3, 0.4) is 0 Å². The van der Waals surface area contributed by atoms with E-state index in [9.17, 15) is 9.90 Å². The first-order chi connectivity index (χ1) is 8.23. The summed E-state index contributed by atoms with van der Waals surface area (Å²) in [4.78, 5) is 17.6. The quantitative estimate of drug-likeness (QED) is 0.815. The Bertz CT molecular complexity index is 423. The van der Waals surface area contributed by atoms with Crippen molar-refractivity contribution in [2.24, 2.45) is 0 Å². The summed E-state index contributed by atoms with van der Waals surface area (Å²) in [5, 5.41) is 9.95. The smallest absolute Gasteiger partial charge is 0.254 e.